The van der Waals surface area contributed by atoms with Crippen LogP contribution >= 0.6 is 11.3 Å². The summed E-state index contributed by atoms with van der Waals surface area (Å²) in [6.07, 6.45) is 2.12. The van der Waals surface area contributed by atoms with Gasteiger partial charge in [0.05, 0.1) is 4.92 Å². The number of nitro benzene ring substituents is 1. The molecule has 0 unspecified atom stereocenters. The van der Waals surface area contributed by atoms with Gasteiger partial charge in [-0.1, -0.05) is 20.3 Å². The van der Waals surface area contributed by atoms with E-state index in [1.165, 1.54) is 46.0 Å². The summed E-state index contributed by atoms with van der Waals surface area (Å²) >= 11 is 1.46. The minimum Gasteiger partial charge on any atom is -0.448 e. The molecule has 3 rings (SSSR count). The van der Waals surface area contributed by atoms with E-state index < -0.39 is 17.0 Å². The number of esters is 1. The normalized spacial score (nSPS) is 12.0. The topological polar surface area (TPSA) is 108 Å². The molecule has 0 aliphatic heterocycles. The molecule has 0 aliphatic carbocycles. The summed E-state index contributed by atoms with van der Waals surface area (Å²) in [4.78, 5) is 24.6. The molecule has 2 heterocycles. The number of thiophene rings is 1. The Labute approximate surface area is 171 Å². The van der Waals surface area contributed by atoms with Crippen LogP contribution < -0.4 is 0 Å². The minimum absolute atomic E-state index is 0.0272. The highest BCUT2D eigenvalue weighted by Gasteiger charge is 2.22. The van der Waals surface area contributed by atoms with Crippen LogP contribution in [0.4, 0.5) is 5.69 Å². The highest BCUT2D eigenvalue weighted by molar-refractivity contribution is 7.14. The van der Waals surface area contributed by atoms with Crippen molar-refractivity contribution in [1.82, 2.24) is 10.2 Å². The smallest absolute Gasteiger partial charge is 0.349 e. The molecule has 0 fully saturated rings. The third-order valence-corrected chi connectivity index (χ3v) is 5.57. The molecule has 9 heteroatoms. The maximum absolute atomic E-state index is 12.5. The van der Waals surface area contributed by atoms with Crippen LogP contribution in [0.15, 0.2) is 34.7 Å². The molecule has 0 bridgehead atoms. The Bertz CT molecular complexity index is 1010. The van der Waals surface area contributed by atoms with Gasteiger partial charge >= 0.3 is 5.97 Å². The lowest BCUT2D eigenvalue weighted by Gasteiger charge is -2.07. The number of nitro groups is 1. The number of carbonyl (C=O) groups is 1. The number of ether oxygens (including phenoxy) is 1. The van der Waals surface area contributed by atoms with E-state index in [2.05, 4.69) is 24.0 Å². The standard InChI is InChI=1S/C20H21N3O5S/c1-4-6-16-13(5-2)11-17(29-16)20(24)27-12(3)18-21-22-19(28-18)14-7-9-15(10-8-14)23(25)26/h7-12H,4-6H2,1-3H3/t12-/m1/s1. The van der Waals surface area contributed by atoms with Crippen LogP contribution in [0.1, 0.15) is 59.3 Å². The van der Waals surface area contributed by atoms with Crippen molar-refractivity contribution >= 4 is 23.0 Å². The van der Waals surface area contributed by atoms with Crippen LogP contribution in [0.2, 0.25) is 0 Å². The van der Waals surface area contributed by atoms with Gasteiger partial charge < -0.3 is 9.15 Å². The van der Waals surface area contributed by atoms with Crippen LogP contribution in [0.3, 0.4) is 0 Å². The molecule has 3 aromatic rings. The molecule has 0 N–H and O–H groups in total. The molecule has 0 saturated carbocycles. The van der Waals surface area contributed by atoms with Crippen LogP contribution in [-0.2, 0) is 17.6 Å². The van der Waals surface area contributed by atoms with E-state index in [0.717, 1.165) is 19.3 Å². The molecule has 8 nitrogen and oxygen atoms in total. The van der Waals surface area contributed by atoms with Gasteiger partial charge in [0.2, 0.25) is 5.89 Å². The molecule has 2 aromatic heterocycles. The lowest BCUT2D eigenvalue weighted by molar-refractivity contribution is -0.384. The summed E-state index contributed by atoms with van der Waals surface area (Å²) in [5.41, 5.74) is 1.69. The highest BCUT2D eigenvalue weighted by Crippen LogP contribution is 2.28. The number of aromatic nitrogens is 2. The summed E-state index contributed by atoms with van der Waals surface area (Å²) in [5, 5.41) is 18.6. The predicted octanol–water partition coefficient (Wildman–Crippen LogP) is 5.14. The molecule has 0 spiro atoms. The Kier molecular flexibility index (Phi) is 6.38. The van der Waals surface area contributed by atoms with Gasteiger partial charge in [-0.25, -0.2) is 4.79 Å². The molecule has 0 aliphatic rings. The Balaban J connectivity index is 1.70. The van der Waals surface area contributed by atoms with Gasteiger partial charge in [-0.3, -0.25) is 10.1 Å². The summed E-state index contributed by atoms with van der Waals surface area (Å²) in [7, 11) is 0. The van der Waals surface area contributed by atoms with Crippen molar-refractivity contribution in [2.45, 2.75) is 46.1 Å². The first-order valence-corrected chi connectivity index (χ1v) is 10.1. The monoisotopic (exact) mass is 415 g/mol. The Morgan fingerprint density at radius 2 is 2.00 bits per heavy atom. The number of nitrogens with zero attached hydrogens (tertiary/aromatic N) is 3. The van der Waals surface area contributed by atoms with E-state index in [9.17, 15) is 14.9 Å². The third kappa shape index (κ3) is 4.68. The largest absolute Gasteiger partial charge is 0.448 e. The summed E-state index contributed by atoms with van der Waals surface area (Å²) in [6.45, 7) is 5.83. The maximum Gasteiger partial charge on any atom is 0.349 e. The molecule has 1 atom stereocenters. The van der Waals surface area contributed by atoms with Gasteiger partial charge in [0.1, 0.15) is 4.88 Å². The zero-order valence-electron chi connectivity index (χ0n) is 16.4. The molecule has 0 saturated heterocycles. The number of benzene rings is 1. The van der Waals surface area contributed by atoms with Gasteiger partial charge in [0.25, 0.3) is 11.6 Å². The van der Waals surface area contributed by atoms with E-state index in [0.29, 0.717) is 10.4 Å². The fourth-order valence-electron chi connectivity index (χ4n) is 2.82. The maximum atomic E-state index is 12.5. The van der Waals surface area contributed by atoms with Crippen molar-refractivity contribution in [3.63, 3.8) is 0 Å². The zero-order chi connectivity index (χ0) is 21.0. The summed E-state index contributed by atoms with van der Waals surface area (Å²) in [6, 6.07) is 7.66. The van der Waals surface area contributed by atoms with E-state index in [-0.39, 0.29) is 17.5 Å². The Hall–Kier alpha value is -3.07. The van der Waals surface area contributed by atoms with Crippen LogP contribution in [0.25, 0.3) is 11.5 Å². The summed E-state index contributed by atoms with van der Waals surface area (Å²) < 4.78 is 11.1. The molecule has 152 valence electrons. The second kappa shape index (κ2) is 8.95. The van der Waals surface area contributed by atoms with Gasteiger partial charge in [-0.05, 0) is 43.5 Å². The molecular weight excluding hydrogens is 394 g/mol. The Morgan fingerprint density at radius 1 is 1.28 bits per heavy atom. The van der Waals surface area contributed by atoms with Crippen molar-refractivity contribution in [3.8, 4) is 11.5 Å². The lowest BCUT2D eigenvalue weighted by Crippen LogP contribution is -2.08. The first-order valence-electron chi connectivity index (χ1n) is 9.33. The van der Waals surface area contributed by atoms with Gasteiger partial charge in [0.15, 0.2) is 6.10 Å². The molecule has 29 heavy (non-hydrogen) atoms. The van der Waals surface area contributed by atoms with Crippen molar-refractivity contribution in [3.05, 3.63) is 61.7 Å². The first kappa shape index (κ1) is 20.7. The number of aryl methyl sites for hydroxylation is 2. The summed E-state index contributed by atoms with van der Waals surface area (Å²) in [5.74, 6) is -0.0604. The van der Waals surface area contributed by atoms with E-state index >= 15 is 0 Å². The number of rotatable bonds is 8. The molecule has 1 aromatic carbocycles. The van der Waals surface area contributed by atoms with Gasteiger partial charge in [-0.15, -0.1) is 21.5 Å². The number of hydrogen-bond donors (Lipinski definition) is 0. The minimum atomic E-state index is -0.719. The fourth-order valence-corrected chi connectivity index (χ4v) is 4.05. The zero-order valence-corrected chi connectivity index (χ0v) is 17.2. The van der Waals surface area contributed by atoms with Crippen LogP contribution in [0.5, 0.6) is 0 Å². The number of non-ortho nitro benzene ring substituents is 1. The lowest BCUT2D eigenvalue weighted by atomic mass is 10.1. The molecule has 0 amide bonds. The van der Waals surface area contributed by atoms with Crippen molar-refractivity contribution < 1.29 is 18.9 Å². The molecule has 0 radical (unpaired) electrons. The van der Waals surface area contributed by atoms with E-state index in [1.807, 2.05) is 6.07 Å². The molecular formula is C20H21N3O5S. The van der Waals surface area contributed by atoms with Crippen molar-refractivity contribution in [2.24, 2.45) is 0 Å². The Morgan fingerprint density at radius 3 is 2.62 bits per heavy atom. The van der Waals surface area contributed by atoms with Gasteiger partial charge in [0, 0.05) is 22.6 Å². The number of carbonyl (C=O) groups excluding carboxylic acids is 1. The van der Waals surface area contributed by atoms with E-state index in [4.69, 9.17) is 9.15 Å². The second-order valence-electron chi connectivity index (χ2n) is 6.46. The predicted molar refractivity (Wildman–Crippen MR) is 108 cm³/mol. The SMILES string of the molecule is CCCc1sc(C(=O)O[C@H](C)c2nnc(-c3ccc([N+](=O)[O-])cc3)o2)cc1CC. The van der Waals surface area contributed by atoms with Crippen LogP contribution in [0, 0.1) is 10.1 Å². The van der Waals surface area contributed by atoms with E-state index in [1.54, 1.807) is 6.92 Å². The second-order valence-corrected chi connectivity index (χ2v) is 7.60. The van der Waals surface area contributed by atoms with Crippen LogP contribution in [-0.4, -0.2) is 21.1 Å². The third-order valence-electron chi connectivity index (χ3n) is 4.35. The highest BCUT2D eigenvalue weighted by atomic mass is 32.1. The quantitative estimate of drug-likeness (QED) is 0.285. The first-order chi connectivity index (χ1) is 13.9. The van der Waals surface area contributed by atoms with Crippen molar-refractivity contribution in [2.75, 3.05) is 0 Å². The fraction of sp³-hybridized carbons (Fsp3) is 0.350. The van der Waals surface area contributed by atoms with Crippen molar-refractivity contribution in [1.29, 1.82) is 0 Å². The average molecular weight is 415 g/mol. The number of hydrogen-bond acceptors (Lipinski definition) is 8. The van der Waals surface area contributed by atoms with Gasteiger partial charge in [-0.2, -0.15) is 0 Å². The average Bonchev–Trinajstić information content (AvgIpc) is 3.36.